The Labute approximate surface area is 198 Å². The summed E-state index contributed by atoms with van der Waals surface area (Å²) >= 11 is 0. The van der Waals surface area contributed by atoms with Gasteiger partial charge in [0.2, 0.25) is 0 Å². The van der Waals surface area contributed by atoms with Gasteiger partial charge < -0.3 is 0 Å². The van der Waals surface area contributed by atoms with Crippen LogP contribution in [-0.4, -0.2) is 81.3 Å². The summed E-state index contributed by atoms with van der Waals surface area (Å²) in [5.41, 5.74) is 0. The van der Waals surface area contributed by atoms with Gasteiger partial charge in [-0.05, 0) is 0 Å². The van der Waals surface area contributed by atoms with E-state index in [-0.39, 0.29) is 0 Å². The molecule has 0 N–H and O–H groups in total. The Morgan fingerprint density at radius 3 is 0.548 bits per heavy atom. The van der Waals surface area contributed by atoms with E-state index in [0.717, 1.165) is 73.9 Å². The Balaban J connectivity index is 6.79. The van der Waals surface area contributed by atoms with Crippen molar-refractivity contribution in [3.63, 3.8) is 0 Å². The topological polar surface area (TPSA) is 27.7 Å². The van der Waals surface area contributed by atoms with Crippen molar-refractivity contribution in [2.45, 2.75) is 83.1 Å². The van der Waals surface area contributed by atoms with Crippen molar-refractivity contribution in [3.8, 4) is 0 Å². The first-order valence-corrected chi connectivity index (χ1v) is 22.2. The molecule has 0 radical (unpaired) electrons. The Morgan fingerprint density at radius 1 is 0.323 bits per heavy atom. The molecule has 0 amide bonds. The molecule has 0 atom stereocenters. The fourth-order valence-corrected chi connectivity index (χ4v) is 17.5. The zero-order valence-corrected chi connectivity index (χ0v) is 26.3. The first-order chi connectivity index (χ1) is 14.5. The molecular formula is C24H60BO3P3. The summed E-state index contributed by atoms with van der Waals surface area (Å²) in [6, 6.07) is 0. The van der Waals surface area contributed by atoms with Crippen molar-refractivity contribution in [2.24, 2.45) is 0 Å². The molecule has 0 bridgehead atoms. The summed E-state index contributed by atoms with van der Waals surface area (Å²) in [4.78, 5) is 0. The van der Waals surface area contributed by atoms with Crippen molar-refractivity contribution in [1.29, 1.82) is 0 Å². The third kappa shape index (κ3) is 5.91. The monoisotopic (exact) mass is 500 g/mol. The Kier molecular flexibility index (Phi) is 12.2. The van der Waals surface area contributed by atoms with Crippen LogP contribution in [0.15, 0.2) is 0 Å². The van der Waals surface area contributed by atoms with Crippen molar-refractivity contribution in [2.75, 3.05) is 73.9 Å². The summed E-state index contributed by atoms with van der Waals surface area (Å²) < 4.78 is 22.0. The molecule has 0 unspecified atom stereocenters. The molecule has 192 valence electrons. The second-order valence-corrected chi connectivity index (χ2v) is 29.3. The Bertz CT molecular complexity index is 400. The minimum absolute atomic E-state index is 0.507. The summed E-state index contributed by atoms with van der Waals surface area (Å²) in [5, 5.41) is 0. The molecule has 0 aliphatic heterocycles. The standard InChI is InChI=1S/C24H60BO3P3/c1-13-29(14-2,15-3,16-4)26-25(27-30(17-5,18-6,19-7)20-8)28-31(21-9,22-10,23-11)24-12/h13-24H2,1-12H3. The quantitative estimate of drug-likeness (QED) is 0.139. The summed E-state index contributed by atoms with van der Waals surface area (Å²) in [6.45, 7) is 20.9. The number of hydrogen-bond donors (Lipinski definition) is 0. The molecule has 0 rings (SSSR count). The fourth-order valence-electron chi connectivity index (χ4n) is 5.71. The van der Waals surface area contributed by atoms with Crippen LogP contribution in [0.2, 0.25) is 0 Å². The van der Waals surface area contributed by atoms with E-state index >= 15 is 0 Å². The molecule has 3 nitrogen and oxygen atoms in total. The number of rotatable bonds is 18. The van der Waals surface area contributed by atoms with Crippen LogP contribution in [0, 0.1) is 0 Å². The molecule has 0 spiro atoms. The average Bonchev–Trinajstić information content (AvgIpc) is 2.86. The Morgan fingerprint density at radius 2 is 0.452 bits per heavy atom. The van der Waals surface area contributed by atoms with Crippen molar-refractivity contribution in [1.82, 2.24) is 0 Å². The van der Waals surface area contributed by atoms with Gasteiger partial charge in [0, 0.05) is 0 Å². The van der Waals surface area contributed by atoms with E-state index in [1.807, 2.05) is 0 Å². The van der Waals surface area contributed by atoms with E-state index in [1.165, 1.54) is 0 Å². The van der Waals surface area contributed by atoms with Crippen LogP contribution in [0.4, 0.5) is 0 Å². The van der Waals surface area contributed by atoms with Crippen LogP contribution in [0.1, 0.15) is 83.1 Å². The van der Waals surface area contributed by atoms with Gasteiger partial charge in [-0.1, -0.05) is 0 Å². The summed E-state index contributed by atoms with van der Waals surface area (Å²) in [7, 11) is -0.507. The van der Waals surface area contributed by atoms with E-state index in [1.54, 1.807) is 0 Å². The molecule has 7 heteroatoms. The molecule has 0 saturated carbocycles. The normalized spacial score (nSPS) is 17.2. The SMILES string of the molecule is CCP(CC)(CC)(CC)OB(OP(CC)(CC)(CC)CC)OP(CC)(CC)(CC)CC. The van der Waals surface area contributed by atoms with Gasteiger partial charge in [-0.3, -0.25) is 0 Å². The molecule has 0 aromatic heterocycles. The van der Waals surface area contributed by atoms with Gasteiger partial charge in [-0.2, -0.15) is 0 Å². The van der Waals surface area contributed by atoms with E-state index in [4.69, 9.17) is 13.3 Å². The molecule has 0 aliphatic carbocycles. The van der Waals surface area contributed by atoms with Crippen molar-refractivity contribution < 1.29 is 13.3 Å². The van der Waals surface area contributed by atoms with Gasteiger partial charge in [-0.15, -0.1) is 0 Å². The second-order valence-electron chi connectivity index (χ2n) is 9.97. The minimum atomic E-state index is -2.37. The molecule has 0 aliphatic rings. The molecule has 0 saturated heterocycles. The fraction of sp³-hybridized carbons (Fsp3) is 1.00. The van der Waals surface area contributed by atoms with Crippen LogP contribution in [0.25, 0.3) is 0 Å². The zero-order valence-electron chi connectivity index (χ0n) is 23.6. The van der Waals surface area contributed by atoms with E-state index in [2.05, 4.69) is 83.1 Å². The van der Waals surface area contributed by atoms with Crippen LogP contribution in [0.3, 0.4) is 0 Å². The van der Waals surface area contributed by atoms with Crippen molar-refractivity contribution in [3.05, 3.63) is 0 Å². The van der Waals surface area contributed by atoms with E-state index in [9.17, 15) is 0 Å². The van der Waals surface area contributed by atoms with Gasteiger partial charge in [0.1, 0.15) is 0 Å². The van der Waals surface area contributed by atoms with Crippen LogP contribution in [0.5, 0.6) is 0 Å². The van der Waals surface area contributed by atoms with E-state index < -0.39 is 27.8 Å². The van der Waals surface area contributed by atoms with Crippen molar-refractivity contribution >= 4 is 27.8 Å². The summed E-state index contributed by atoms with van der Waals surface area (Å²) in [5.74, 6) is 0. The molecule has 31 heavy (non-hydrogen) atoms. The second kappa shape index (κ2) is 11.8. The van der Waals surface area contributed by atoms with Gasteiger partial charge >= 0.3 is 198 Å². The van der Waals surface area contributed by atoms with E-state index in [0.29, 0.717) is 0 Å². The first-order valence-electron chi connectivity index (χ1n) is 13.5. The van der Waals surface area contributed by atoms with Gasteiger partial charge in [0.25, 0.3) is 0 Å². The van der Waals surface area contributed by atoms with Gasteiger partial charge in [-0.25, -0.2) is 0 Å². The zero-order chi connectivity index (χ0) is 24.5. The number of hydrogen-bond acceptors (Lipinski definition) is 3. The maximum absolute atomic E-state index is 7.35. The third-order valence-electron chi connectivity index (χ3n) is 10.8. The maximum atomic E-state index is 7.35. The van der Waals surface area contributed by atoms with Crippen LogP contribution >= 0.6 is 20.5 Å². The first kappa shape index (κ1) is 32.2. The predicted molar refractivity (Wildman–Crippen MR) is 156 cm³/mol. The van der Waals surface area contributed by atoms with Gasteiger partial charge in [0.05, 0.1) is 0 Å². The molecule has 0 fully saturated rings. The molecule has 0 heterocycles. The third-order valence-corrected chi connectivity index (χ3v) is 32.3. The average molecular weight is 500 g/mol. The predicted octanol–water partition coefficient (Wildman–Crippen LogP) is 8.66. The van der Waals surface area contributed by atoms with Crippen LogP contribution < -0.4 is 0 Å². The van der Waals surface area contributed by atoms with Gasteiger partial charge in [0.15, 0.2) is 0 Å². The molecule has 0 aromatic rings. The Hall–Kier alpha value is 1.23. The molecule has 0 aromatic carbocycles. The summed E-state index contributed by atoms with van der Waals surface area (Å²) in [6.07, 6.45) is 13.3. The van der Waals surface area contributed by atoms with Crippen LogP contribution in [-0.2, 0) is 13.3 Å². The molecular weight excluding hydrogens is 440 g/mol.